The summed E-state index contributed by atoms with van der Waals surface area (Å²) in [5, 5.41) is 0. The van der Waals surface area contributed by atoms with E-state index in [2.05, 4.69) is 15.9 Å². The molecular weight excluding hydrogens is 236 g/mol. The third-order valence-corrected chi connectivity index (χ3v) is 2.82. The molecule has 0 aliphatic heterocycles. The van der Waals surface area contributed by atoms with E-state index in [9.17, 15) is 0 Å². The first-order valence-electron chi connectivity index (χ1n) is 5.98. The van der Waals surface area contributed by atoms with Crippen molar-refractivity contribution in [2.45, 2.75) is 0 Å². The number of imidazole rings is 1. The standard InChI is InChI=1S/C16H12N2O/c1-2-10-19-13-7-5-6-12(11-13)16-17-14-8-3-4-9-15(14)18-16/h1,3-9,11H,10H2,(H,17,18). The number of hydrogen-bond donors (Lipinski definition) is 1. The molecule has 3 aromatic rings. The number of H-pyrrole nitrogens is 1. The van der Waals surface area contributed by atoms with E-state index in [-0.39, 0.29) is 6.61 Å². The highest BCUT2D eigenvalue weighted by Gasteiger charge is 2.05. The molecule has 0 amide bonds. The van der Waals surface area contributed by atoms with Crippen LogP contribution in [0, 0.1) is 12.3 Å². The molecule has 19 heavy (non-hydrogen) atoms. The minimum Gasteiger partial charge on any atom is -0.481 e. The molecule has 3 nitrogen and oxygen atoms in total. The SMILES string of the molecule is C#CCOc1cccc(-c2nc3ccccc3[nH]2)c1. The second-order valence-corrected chi connectivity index (χ2v) is 4.12. The summed E-state index contributed by atoms with van der Waals surface area (Å²) < 4.78 is 5.41. The largest absolute Gasteiger partial charge is 0.481 e. The maximum absolute atomic E-state index is 5.41. The van der Waals surface area contributed by atoms with Crippen LogP contribution in [-0.4, -0.2) is 16.6 Å². The van der Waals surface area contributed by atoms with Gasteiger partial charge in [0.2, 0.25) is 0 Å². The smallest absolute Gasteiger partial charge is 0.148 e. The lowest BCUT2D eigenvalue weighted by atomic mass is 10.2. The van der Waals surface area contributed by atoms with Crippen molar-refractivity contribution in [1.29, 1.82) is 0 Å². The molecule has 1 heterocycles. The highest BCUT2D eigenvalue weighted by atomic mass is 16.5. The number of fused-ring (bicyclic) bond motifs is 1. The van der Waals surface area contributed by atoms with E-state index < -0.39 is 0 Å². The molecule has 0 fully saturated rings. The molecule has 0 atom stereocenters. The van der Waals surface area contributed by atoms with Crippen LogP contribution in [0.15, 0.2) is 48.5 Å². The van der Waals surface area contributed by atoms with Crippen molar-refractivity contribution in [2.24, 2.45) is 0 Å². The molecule has 0 bridgehead atoms. The molecule has 0 aliphatic rings. The quantitative estimate of drug-likeness (QED) is 0.722. The van der Waals surface area contributed by atoms with Crippen LogP contribution in [0.4, 0.5) is 0 Å². The summed E-state index contributed by atoms with van der Waals surface area (Å²) in [6.45, 7) is 0.267. The fourth-order valence-corrected chi connectivity index (χ4v) is 1.95. The molecule has 2 aromatic carbocycles. The zero-order valence-electron chi connectivity index (χ0n) is 10.3. The molecule has 0 saturated carbocycles. The summed E-state index contributed by atoms with van der Waals surface area (Å²) >= 11 is 0. The van der Waals surface area contributed by atoms with Crippen molar-refractivity contribution < 1.29 is 4.74 Å². The molecule has 92 valence electrons. The minimum absolute atomic E-state index is 0.267. The number of benzene rings is 2. The normalized spacial score (nSPS) is 10.3. The van der Waals surface area contributed by atoms with E-state index in [0.29, 0.717) is 0 Å². The summed E-state index contributed by atoms with van der Waals surface area (Å²) in [7, 11) is 0. The Labute approximate surface area is 111 Å². The lowest BCUT2D eigenvalue weighted by molar-refractivity contribution is 0.370. The van der Waals surface area contributed by atoms with Gasteiger partial charge in [-0.2, -0.15) is 0 Å². The first kappa shape index (κ1) is 11.4. The number of aromatic nitrogens is 2. The molecule has 1 N–H and O–H groups in total. The third kappa shape index (κ3) is 2.29. The van der Waals surface area contributed by atoms with Gasteiger partial charge in [0.25, 0.3) is 0 Å². The van der Waals surface area contributed by atoms with Crippen LogP contribution in [0.2, 0.25) is 0 Å². The van der Waals surface area contributed by atoms with Gasteiger partial charge in [0.1, 0.15) is 18.2 Å². The Morgan fingerprint density at radius 3 is 2.89 bits per heavy atom. The predicted octanol–water partition coefficient (Wildman–Crippen LogP) is 3.24. The maximum atomic E-state index is 5.41. The molecular formula is C16H12N2O. The van der Waals surface area contributed by atoms with Crippen LogP contribution >= 0.6 is 0 Å². The van der Waals surface area contributed by atoms with Gasteiger partial charge < -0.3 is 9.72 Å². The number of nitrogens with one attached hydrogen (secondary N) is 1. The summed E-state index contributed by atoms with van der Waals surface area (Å²) in [5.74, 6) is 4.02. The second-order valence-electron chi connectivity index (χ2n) is 4.12. The summed E-state index contributed by atoms with van der Waals surface area (Å²) in [6.07, 6.45) is 5.18. The Kier molecular flexibility index (Phi) is 2.91. The number of aromatic amines is 1. The summed E-state index contributed by atoms with van der Waals surface area (Å²) in [4.78, 5) is 7.84. The van der Waals surface area contributed by atoms with Crippen LogP contribution in [0.1, 0.15) is 0 Å². The van der Waals surface area contributed by atoms with Gasteiger partial charge in [-0.05, 0) is 24.3 Å². The van der Waals surface area contributed by atoms with E-state index >= 15 is 0 Å². The number of para-hydroxylation sites is 2. The number of nitrogens with zero attached hydrogens (tertiary/aromatic N) is 1. The lowest BCUT2D eigenvalue weighted by Crippen LogP contribution is -1.93. The Balaban J connectivity index is 1.99. The summed E-state index contributed by atoms with van der Waals surface area (Å²) in [5.41, 5.74) is 2.95. The second kappa shape index (κ2) is 4.87. The van der Waals surface area contributed by atoms with Crippen molar-refractivity contribution in [1.82, 2.24) is 9.97 Å². The monoisotopic (exact) mass is 248 g/mol. The van der Waals surface area contributed by atoms with Crippen LogP contribution < -0.4 is 4.74 Å². The maximum Gasteiger partial charge on any atom is 0.148 e. The predicted molar refractivity (Wildman–Crippen MR) is 75.9 cm³/mol. The van der Waals surface area contributed by atoms with Crippen molar-refractivity contribution in [3.8, 4) is 29.5 Å². The minimum atomic E-state index is 0.267. The van der Waals surface area contributed by atoms with Gasteiger partial charge in [0, 0.05) is 5.56 Å². The van der Waals surface area contributed by atoms with Gasteiger partial charge in [-0.1, -0.05) is 30.2 Å². The average molecular weight is 248 g/mol. The Morgan fingerprint density at radius 1 is 1.16 bits per heavy atom. The molecule has 0 unspecified atom stereocenters. The summed E-state index contributed by atoms with van der Waals surface area (Å²) in [6, 6.07) is 15.7. The van der Waals surface area contributed by atoms with E-state index in [1.54, 1.807) is 0 Å². The van der Waals surface area contributed by atoms with E-state index in [4.69, 9.17) is 11.2 Å². The van der Waals surface area contributed by atoms with Crippen LogP contribution in [0.25, 0.3) is 22.4 Å². The molecule has 3 rings (SSSR count). The zero-order chi connectivity index (χ0) is 13.1. The lowest BCUT2D eigenvalue weighted by Gasteiger charge is -2.03. The molecule has 0 saturated heterocycles. The van der Waals surface area contributed by atoms with Crippen molar-refractivity contribution in [3.05, 3.63) is 48.5 Å². The van der Waals surface area contributed by atoms with Gasteiger partial charge in [-0.25, -0.2) is 4.98 Å². The van der Waals surface area contributed by atoms with Gasteiger partial charge in [-0.15, -0.1) is 6.42 Å². The number of terminal acetylenes is 1. The Morgan fingerprint density at radius 2 is 2.05 bits per heavy atom. The molecule has 3 heteroatoms. The van der Waals surface area contributed by atoms with Gasteiger partial charge in [0.05, 0.1) is 11.0 Å². The Bertz CT molecular complexity index is 720. The third-order valence-electron chi connectivity index (χ3n) is 2.82. The topological polar surface area (TPSA) is 37.9 Å². The van der Waals surface area contributed by atoms with Crippen molar-refractivity contribution in [3.63, 3.8) is 0 Å². The fraction of sp³-hybridized carbons (Fsp3) is 0.0625. The fourth-order valence-electron chi connectivity index (χ4n) is 1.95. The first-order valence-corrected chi connectivity index (χ1v) is 5.98. The van der Waals surface area contributed by atoms with Crippen LogP contribution in [0.3, 0.4) is 0 Å². The van der Waals surface area contributed by atoms with Gasteiger partial charge in [-0.3, -0.25) is 0 Å². The van der Waals surface area contributed by atoms with Crippen molar-refractivity contribution in [2.75, 3.05) is 6.61 Å². The highest BCUT2D eigenvalue weighted by molar-refractivity contribution is 5.79. The molecule has 0 radical (unpaired) electrons. The first-order chi connectivity index (χ1) is 9.36. The average Bonchev–Trinajstić information content (AvgIpc) is 2.89. The van der Waals surface area contributed by atoms with E-state index in [1.807, 2.05) is 48.5 Å². The number of ether oxygens (including phenoxy) is 1. The molecule has 1 aromatic heterocycles. The van der Waals surface area contributed by atoms with Crippen molar-refractivity contribution >= 4 is 11.0 Å². The van der Waals surface area contributed by atoms with Gasteiger partial charge >= 0.3 is 0 Å². The van der Waals surface area contributed by atoms with Gasteiger partial charge in [0.15, 0.2) is 0 Å². The molecule has 0 aliphatic carbocycles. The van der Waals surface area contributed by atoms with E-state index in [0.717, 1.165) is 28.2 Å². The van der Waals surface area contributed by atoms with E-state index in [1.165, 1.54) is 0 Å². The Hall–Kier alpha value is -2.73. The zero-order valence-corrected chi connectivity index (χ0v) is 10.3. The van der Waals surface area contributed by atoms with Crippen LogP contribution in [-0.2, 0) is 0 Å². The molecule has 0 spiro atoms. The highest BCUT2D eigenvalue weighted by Crippen LogP contribution is 2.23. The number of hydrogen-bond acceptors (Lipinski definition) is 2. The van der Waals surface area contributed by atoms with Crippen LogP contribution in [0.5, 0.6) is 5.75 Å². The number of rotatable bonds is 3.